The van der Waals surface area contributed by atoms with Crippen molar-refractivity contribution in [2.45, 2.75) is 19.1 Å². The largest absolute Gasteiger partial charge is 0.472 e. The van der Waals surface area contributed by atoms with Crippen LogP contribution in [-0.2, 0) is 26.5 Å². The van der Waals surface area contributed by atoms with Crippen molar-refractivity contribution in [1.29, 1.82) is 5.26 Å². The van der Waals surface area contributed by atoms with Crippen LogP contribution in [0.2, 0.25) is 0 Å². The summed E-state index contributed by atoms with van der Waals surface area (Å²) < 4.78 is 16.7. The fourth-order valence-electron chi connectivity index (χ4n) is 3.33. The van der Waals surface area contributed by atoms with Crippen LogP contribution in [0.4, 0.5) is 0 Å². The smallest absolute Gasteiger partial charge is 0.305 e. The molecule has 0 amide bonds. The van der Waals surface area contributed by atoms with Crippen molar-refractivity contribution in [1.82, 2.24) is 4.98 Å². The second kappa shape index (κ2) is 5.25. The number of nitriles is 1. The zero-order chi connectivity index (χ0) is 16.7. The maximum absolute atomic E-state index is 11.8. The van der Waals surface area contributed by atoms with Crippen LogP contribution in [0.3, 0.4) is 0 Å². The summed E-state index contributed by atoms with van der Waals surface area (Å²) >= 11 is 0. The van der Waals surface area contributed by atoms with E-state index in [9.17, 15) is 10.1 Å². The van der Waals surface area contributed by atoms with Gasteiger partial charge in [-0.1, -0.05) is 6.07 Å². The number of carbonyl (C=O) groups excluding carboxylic acids is 1. The highest BCUT2D eigenvalue weighted by atomic mass is 16.7. The van der Waals surface area contributed by atoms with E-state index in [0.29, 0.717) is 29.8 Å². The van der Waals surface area contributed by atoms with Crippen molar-refractivity contribution < 1.29 is 18.7 Å². The summed E-state index contributed by atoms with van der Waals surface area (Å²) in [6.45, 7) is 1.70. The predicted octanol–water partition coefficient (Wildman–Crippen LogP) is 2.97. The molecule has 1 unspecified atom stereocenters. The first-order chi connectivity index (χ1) is 11.7. The van der Waals surface area contributed by atoms with Gasteiger partial charge in [-0.2, -0.15) is 5.26 Å². The van der Waals surface area contributed by atoms with E-state index in [1.807, 2.05) is 12.1 Å². The topological polar surface area (TPSA) is 88.2 Å². The van der Waals surface area contributed by atoms with Gasteiger partial charge in [-0.15, -0.1) is 0 Å². The summed E-state index contributed by atoms with van der Waals surface area (Å²) in [5.41, 5.74) is 3.53. The molecule has 6 heteroatoms. The number of H-pyrrole nitrogens is 1. The molecule has 1 N–H and O–H groups in total. The van der Waals surface area contributed by atoms with Crippen LogP contribution in [0.5, 0.6) is 0 Å². The van der Waals surface area contributed by atoms with Crippen molar-refractivity contribution in [2.75, 3.05) is 6.61 Å². The molecule has 0 bridgehead atoms. The van der Waals surface area contributed by atoms with Crippen LogP contribution in [0, 0.1) is 11.3 Å². The molecule has 3 heterocycles. The normalized spacial score (nSPS) is 19.7. The third-order valence-electron chi connectivity index (χ3n) is 4.22. The van der Waals surface area contributed by atoms with Crippen molar-refractivity contribution in [3.05, 3.63) is 59.2 Å². The number of rotatable bonds is 2. The number of hydrogen-bond acceptors (Lipinski definition) is 5. The first kappa shape index (κ1) is 14.5. The van der Waals surface area contributed by atoms with Gasteiger partial charge in [0.15, 0.2) is 0 Å². The summed E-state index contributed by atoms with van der Waals surface area (Å²) in [4.78, 5) is 15.0. The number of benzene rings is 1. The van der Waals surface area contributed by atoms with Crippen molar-refractivity contribution in [3.8, 4) is 6.07 Å². The Morgan fingerprint density at radius 3 is 3.00 bits per heavy atom. The molecule has 1 aliphatic rings. The summed E-state index contributed by atoms with van der Waals surface area (Å²) in [5.74, 6) is -1.86. The summed E-state index contributed by atoms with van der Waals surface area (Å²) in [6.07, 6.45) is 3.62. The fraction of sp³-hybridized carbons (Fsp3) is 0.222. The van der Waals surface area contributed by atoms with Crippen LogP contribution < -0.4 is 0 Å². The quantitative estimate of drug-likeness (QED) is 0.733. The molecule has 3 aromatic rings. The number of esters is 1. The number of nitrogens with one attached hydrogen (secondary N) is 1. The second-order valence-corrected chi connectivity index (χ2v) is 5.64. The van der Waals surface area contributed by atoms with E-state index >= 15 is 0 Å². The minimum Gasteiger partial charge on any atom is -0.472 e. The van der Waals surface area contributed by atoms with E-state index in [1.165, 1.54) is 19.5 Å². The van der Waals surface area contributed by atoms with Gasteiger partial charge >= 0.3 is 5.97 Å². The van der Waals surface area contributed by atoms with Crippen molar-refractivity contribution in [3.63, 3.8) is 0 Å². The number of fused-ring (bicyclic) bond motifs is 3. The summed E-state index contributed by atoms with van der Waals surface area (Å²) in [7, 11) is 0. The number of nitrogens with zero attached hydrogens (tertiary/aromatic N) is 1. The van der Waals surface area contributed by atoms with Crippen LogP contribution in [0.1, 0.15) is 29.3 Å². The Morgan fingerprint density at radius 1 is 1.42 bits per heavy atom. The van der Waals surface area contributed by atoms with E-state index in [-0.39, 0.29) is 0 Å². The Labute approximate surface area is 137 Å². The van der Waals surface area contributed by atoms with Gasteiger partial charge in [0.2, 0.25) is 0 Å². The number of aromatic amines is 1. The lowest BCUT2D eigenvalue weighted by molar-refractivity contribution is -0.222. The van der Waals surface area contributed by atoms with Gasteiger partial charge in [0.05, 0.1) is 35.8 Å². The van der Waals surface area contributed by atoms with Crippen LogP contribution in [0.15, 0.2) is 41.2 Å². The lowest BCUT2D eigenvalue weighted by atomic mass is 9.94. The third kappa shape index (κ3) is 1.95. The van der Waals surface area contributed by atoms with Crippen molar-refractivity contribution >= 4 is 16.9 Å². The molecule has 0 radical (unpaired) electrons. The van der Waals surface area contributed by atoms with Gasteiger partial charge in [-0.25, -0.2) is 0 Å². The predicted molar refractivity (Wildman–Crippen MR) is 83.9 cm³/mol. The van der Waals surface area contributed by atoms with E-state index in [4.69, 9.17) is 13.9 Å². The maximum Gasteiger partial charge on any atom is 0.305 e. The fourth-order valence-corrected chi connectivity index (χ4v) is 3.33. The molecular weight excluding hydrogens is 308 g/mol. The molecule has 1 aliphatic heterocycles. The minimum atomic E-state index is -1.39. The van der Waals surface area contributed by atoms with Gasteiger partial charge in [0.1, 0.15) is 6.26 Å². The molecule has 120 valence electrons. The highest BCUT2D eigenvalue weighted by molar-refractivity contribution is 5.90. The van der Waals surface area contributed by atoms with E-state index in [1.54, 1.807) is 12.1 Å². The first-order valence-electron chi connectivity index (χ1n) is 7.56. The zero-order valence-corrected chi connectivity index (χ0v) is 13.0. The molecule has 0 fully saturated rings. The lowest BCUT2D eigenvalue weighted by Crippen LogP contribution is -2.40. The van der Waals surface area contributed by atoms with Crippen LogP contribution >= 0.6 is 0 Å². The highest BCUT2D eigenvalue weighted by Gasteiger charge is 2.46. The third-order valence-corrected chi connectivity index (χ3v) is 4.22. The standard InChI is InChI=1S/C18H14N2O4/c1-11(21)24-18(13-5-7-22-10-13)17-14(6-8-23-18)16-12(9-19)3-2-4-15(16)20-17/h2-5,7,10,20H,6,8H2,1H3. The average molecular weight is 322 g/mol. The molecule has 1 aromatic carbocycles. The second-order valence-electron chi connectivity index (χ2n) is 5.64. The van der Waals surface area contributed by atoms with Crippen LogP contribution in [0.25, 0.3) is 10.9 Å². The number of carbonyl (C=O) groups is 1. The van der Waals surface area contributed by atoms with Gasteiger partial charge in [-0.05, 0) is 30.2 Å². The summed E-state index contributed by atoms with van der Waals surface area (Å²) in [5, 5.41) is 10.3. The first-order valence-corrected chi connectivity index (χ1v) is 7.56. The molecule has 2 aromatic heterocycles. The highest BCUT2D eigenvalue weighted by Crippen LogP contribution is 2.43. The Hall–Kier alpha value is -3.04. The molecular formula is C18H14N2O4. The molecule has 24 heavy (non-hydrogen) atoms. The van der Waals surface area contributed by atoms with E-state index < -0.39 is 11.8 Å². The zero-order valence-electron chi connectivity index (χ0n) is 13.0. The molecule has 6 nitrogen and oxygen atoms in total. The van der Waals surface area contributed by atoms with E-state index in [2.05, 4.69) is 11.1 Å². The summed E-state index contributed by atoms with van der Waals surface area (Å²) in [6, 6.07) is 9.41. The Balaban J connectivity index is 2.04. The Bertz CT molecular complexity index is 965. The Morgan fingerprint density at radius 2 is 2.29 bits per heavy atom. The van der Waals surface area contributed by atoms with Crippen LogP contribution in [-0.4, -0.2) is 17.6 Å². The molecule has 1 atom stereocenters. The molecule has 0 spiro atoms. The SMILES string of the molecule is CC(=O)OC1(c2ccoc2)OCCc2c1[nH]c1cccc(C#N)c21. The van der Waals surface area contributed by atoms with Gasteiger partial charge < -0.3 is 18.9 Å². The molecule has 4 rings (SSSR count). The number of aromatic nitrogens is 1. The number of ether oxygens (including phenoxy) is 2. The average Bonchev–Trinajstić information content (AvgIpc) is 3.22. The maximum atomic E-state index is 11.8. The number of furan rings is 1. The van der Waals surface area contributed by atoms with Gasteiger partial charge in [-0.3, -0.25) is 4.79 Å². The van der Waals surface area contributed by atoms with Gasteiger partial charge in [0, 0.05) is 17.8 Å². The molecule has 0 saturated carbocycles. The minimum absolute atomic E-state index is 0.359. The Kier molecular flexibility index (Phi) is 3.18. The van der Waals surface area contributed by atoms with E-state index in [0.717, 1.165) is 16.5 Å². The number of hydrogen-bond donors (Lipinski definition) is 1. The monoisotopic (exact) mass is 322 g/mol. The van der Waals surface area contributed by atoms with Crippen molar-refractivity contribution in [2.24, 2.45) is 0 Å². The molecule has 0 saturated heterocycles. The molecule has 0 aliphatic carbocycles. The lowest BCUT2D eigenvalue weighted by Gasteiger charge is -2.35. The van der Waals surface area contributed by atoms with Gasteiger partial charge in [0.25, 0.3) is 5.79 Å².